The van der Waals surface area contributed by atoms with Crippen LogP contribution in [-0.2, 0) is 20.9 Å². The molecule has 0 saturated heterocycles. The Bertz CT molecular complexity index is 1040. The monoisotopic (exact) mass is 438 g/mol. The molecule has 0 spiro atoms. The molecule has 1 unspecified atom stereocenters. The molecule has 7 nitrogen and oxygen atoms in total. The summed E-state index contributed by atoms with van der Waals surface area (Å²) in [6, 6.07) is 17.0. The first-order valence-electron chi connectivity index (χ1n) is 10.1. The largest absolute Gasteiger partial charge is 0.469 e. The topological polar surface area (TPSA) is 86.1 Å². The molecule has 1 heterocycles. The molecule has 2 aromatic carbocycles. The number of carbonyl (C=O) groups is 2. The Kier molecular flexibility index (Phi) is 7.83. The molecule has 0 radical (unpaired) electrons. The van der Waals surface area contributed by atoms with Crippen LogP contribution in [0.15, 0.2) is 59.8 Å². The fourth-order valence-corrected chi connectivity index (χ4v) is 4.05. The number of nitrogens with one attached hydrogen (secondary N) is 1. The van der Waals surface area contributed by atoms with E-state index < -0.39 is 6.04 Å². The number of carbonyl (C=O) groups excluding carboxylic acids is 2. The highest BCUT2D eigenvalue weighted by Gasteiger charge is 2.20. The van der Waals surface area contributed by atoms with Gasteiger partial charge < -0.3 is 14.6 Å². The first-order valence-corrected chi connectivity index (χ1v) is 11.0. The molecule has 1 N–H and O–H groups in total. The summed E-state index contributed by atoms with van der Waals surface area (Å²) >= 11 is 1.32. The zero-order chi connectivity index (χ0) is 22.2. The zero-order valence-corrected chi connectivity index (χ0v) is 18.7. The van der Waals surface area contributed by atoms with E-state index in [1.54, 1.807) is 0 Å². The lowest BCUT2D eigenvalue weighted by Crippen LogP contribution is -2.31. The Balaban J connectivity index is 1.69. The smallest absolute Gasteiger partial charge is 0.307 e. The molecule has 31 heavy (non-hydrogen) atoms. The second-order valence-electron chi connectivity index (χ2n) is 7.02. The van der Waals surface area contributed by atoms with Crippen LogP contribution < -0.4 is 5.32 Å². The van der Waals surface area contributed by atoms with E-state index in [1.165, 1.54) is 18.9 Å². The van der Waals surface area contributed by atoms with Crippen molar-refractivity contribution in [2.75, 3.05) is 12.9 Å². The summed E-state index contributed by atoms with van der Waals surface area (Å²) in [7, 11) is 1.34. The third kappa shape index (κ3) is 5.95. The Hall–Kier alpha value is -3.13. The van der Waals surface area contributed by atoms with Gasteiger partial charge in [-0.2, -0.15) is 0 Å². The molecule has 3 aromatic rings. The van der Waals surface area contributed by atoms with Crippen LogP contribution in [0.1, 0.15) is 30.5 Å². The third-order valence-corrected chi connectivity index (χ3v) is 5.74. The second-order valence-corrected chi connectivity index (χ2v) is 7.96. The van der Waals surface area contributed by atoms with E-state index in [2.05, 4.69) is 21.6 Å². The van der Waals surface area contributed by atoms with Crippen molar-refractivity contribution in [1.82, 2.24) is 20.1 Å². The van der Waals surface area contributed by atoms with Crippen LogP contribution in [0.25, 0.3) is 11.4 Å². The molecule has 0 aliphatic rings. The molecule has 162 valence electrons. The molecule has 3 rings (SSSR count). The molecule has 0 aliphatic heterocycles. The number of ether oxygens (including phenoxy) is 1. The van der Waals surface area contributed by atoms with Crippen LogP contribution in [0.3, 0.4) is 0 Å². The van der Waals surface area contributed by atoms with E-state index in [1.807, 2.05) is 66.9 Å². The van der Waals surface area contributed by atoms with Crippen LogP contribution in [0.5, 0.6) is 0 Å². The number of nitrogens with zero attached hydrogens (tertiary/aromatic N) is 3. The number of methoxy groups -OCH3 is 1. The van der Waals surface area contributed by atoms with Crippen molar-refractivity contribution in [3.05, 3.63) is 65.7 Å². The van der Waals surface area contributed by atoms with Crippen LogP contribution in [0.2, 0.25) is 0 Å². The number of hydrogen-bond acceptors (Lipinski definition) is 6. The van der Waals surface area contributed by atoms with Gasteiger partial charge in [-0.1, -0.05) is 65.9 Å². The van der Waals surface area contributed by atoms with Gasteiger partial charge in [0.2, 0.25) is 5.91 Å². The highest BCUT2D eigenvalue weighted by atomic mass is 32.2. The zero-order valence-electron chi connectivity index (χ0n) is 17.9. The summed E-state index contributed by atoms with van der Waals surface area (Å²) in [5.41, 5.74) is 2.99. The first kappa shape index (κ1) is 22.6. The summed E-state index contributed by atoms with van der Waals surface area (Å²) in [4.78, 5) is 24.5. The number of hydrogen-bond donors (Lipinski definition) is 1. The minimum absolute atomic E-state index is 0.0690. The minimum atomic E-state index is -0.450. The van der Waals surface area contributed by atoms with Crippen molar-refractivity contribution in [2.24, 2.45) is 0 Å². The van der Waals surface area contributed by atoms with Crippen molar-refractivity contribution >= 4 is 23.6 Å². The van der Waals surface area contributed by atoms with Gasteiger partial charge in [0.15, 0.2) is 11.0 Å². The predicted molar refractivity (Wildman–Crippen MR) is 121 cm³/mol. The van der Waals surface area contributed by atoms with E-state index >= 15 is 0 Å². The van der Waals surface area contributed by atoms with Gasteiger partial charge in [0.1, 0.15) is 0 Å². The third-order valence-electron chi connectivity index (χ3n) is 4.78. The van der Waals surface area contributed by atoms with Gasteiger partial charge in [-0.05, 0) is 25.5 Å². The Morgan fingerprint density at radius 1 is 1.13 bits per heavy atom. The van der Waals surface area contributed by atoms with Crippen molar-refractivity contribution < 1.29 is 14.3 Å². The Morgan fingerprint density at radius 2 is 1.90 bits per heavy atom. The lowest BCUT2D eigenvalue weighted by Gasteiger charge is -2.18. The van der Waals surface area contributed by atoms with Crippen molar-refractivity contribution in [3.63, 3.8) is 0 Å². The van der Waals surface area contributed by atoms with Crippen molar-refractivity contribution in [1.29, 1.82) is 0 Å². The molecular formula is C23H26N4O3S. The molecule has 0 fully saturated rings. The van der Waals surface area contributed by atoms with Gasteiger partial charge in [0.25, 0.3) is 0 Å². The highest BCUT2D eigenvalue weighted by Crippen LogP contribution is 2.25. The SMILES string of the molecule is CCn1c(SCC(=O)NC(CC(=O)OC)c2ccccc2)nnc1-c1cccc(C)c1. The van der Waals surface area contributed by atoms with Gasteiger partial charge in [-0.3, -0.25) is 9.59 Å². The van der Waals surface area contributed by atoms with E-state index in [4.69, 9.17) is 4.74 Å². The standard InChI is InChI=1S/C23H26N4O3S/c1-4-27-22(18-12-8-9-16(2)13-18)25-26-23(27)31-15-20(28)24-19(14-21(29)30-3)17-10-6-5-7-11-17/h5-13,19H,4,14-15H2,1-3H3,(H,24,28). The molecule has 0 saturated carbocycles. The summed E-state index contributed by atoms with van der Waals surface area (Å²) in [6.45, 7) is 4.75. The minimum Gasteiger partial charge on any atom is -0.469 e. The summed E-state index contributed by atoms with van der Waals surface area (Å²) in [5, 5.41) is 12.2. The number of aryl methyl sites for hydroxylation is 1. The molecule has 1 amide bonds. The number of amides is 1. The predicted octanol–water partition coefficient (Wildman–Crippen LogP) is 3.79. The van der Waals surface area contributed by atoms with Gasteiger partial charge >= 0.3 is 5.97 Å². The van der Waals surface area contributed by atoms with Crippen LogP contribution >= 0.6 is 11.8 Å². The normalized spacial score (nSPS) is 11.7. The van der Waals surface area contributed by atoms with E-state index in [0.717, 1.165) is 22.5 Å². The lowest BCUT2D eigenvalue weighted by molar-refractivity contribution is -0.141. The summed E-state index contributed by atoms with van der Waals surface area (Å²) in [6.07, 6.45) is 0.0690. The maximum absolute atomic E-state index is 12.6. The van der Waals surface area contributed by atoms with Crippen molar-refractivity contribution in [2.45, 2.75) is 38.0 Å². The number of rotatable bonds is 9. The fraction of sp³-hybridized carbons (Fsp3) is 0.304. The van der Waals surface area contributed by atoms with Gasteiger partial charge in [0.05, 0.1) is 25.3 Å². The Labute approximate surface area is 186 Å². The van der Waals surface area contributed by atoms with E-state index in [9.17, 15) is 9.59 Å². The quantitative estimate of drug-likeness (QED) is 0.404. The number of esters is 1. The highest BCUT2D eigenvalue weighted by molar-refractivity contribution is 7.99. The van der Waals surface area contributed by atoms with Crippen LogP contribution in [-0.4, -0.2) is 39.5 Å². The molecule has 0 aliphatic carbocycles. The van der Waals surface area contributed by atoms with Gasteiger partial charge in [-0.15, -0.1) is 10.2 Å². The number of aromatic nitrogens is 3. The molecule has 1 aromatic heterocycles. The van der Waals surface area contributed by atoms with Crippen LogP contribution in [0.4, 0.5) is 0 Å². The van der Waals surface area contributed by atoms with Gasteiger partial charge in [0, 0.05) is 12.1 Å². The van der Waals surface area contributed by atoms with E-state index in [-0.39, 0.29) is 24.1 Å². The molecular weight excluding hydrogens is 412 g/mol. The maximum Gasteiger partial charge on any atom is 0.307 e. The molecule has 0 bridgehead atoms. The molecule has 1 atom stereocenters. The van der Waals surface area contributed by atoms with Crippen molar-refractivity contribution in [3.8, 4) is 11.4 Å². The number of benzene rings is 2. The summed E-state index contributed by atoms with van der Waals surface area (Å²) < 4.78 is 6.78. The molecule has 8 heteroatoms. The first-order chi connectivity index (χ1) is 15.0. The second kappa shape index (κ2) is 10.8. The van der Waals surface area contributed by atoms with E-state index in [0.29, 0.717) is 11.7 Å². The maximum atomic E-state index is 12.6. The number of thioether (sulfide) groups is 1. The summed E-state index contributed by atoms with van der Waals surface area (Å²) in [5.74, 6) is 0.374. The average molecular weight is 439 g/mol. The Morgan fingerprint density at radius 3 is 2.58 bits per heavy atom. The van der Waals surface area contributed by atoms with Gasteiger partial charge in [-0.25, -0.2) is 0 Å². The lowest BCUT2D eigenvalue weighted by atomic mass is 10.0. The van der Waals surface area contributed by atoms with Crippen LogP contribution in [0, 0.1) is 6.92 Å². The fourth-order valence-electron chi connectivity index (χ4n) is 3.23. The average Bonchev–Trinajstić information content (AvgIpc) is 3.20.